The third-order valence-corrected chi connectivity index (χ3v) is 4.53. The van der Waals surface area contributed by atoms with Crippen molar-refractivity contribution in [1.29, 1.82) is 0 Å². The van der Waals surface area contributed by atoms with Gasteiger partial charge in [0.1, 0.15) is 5.76 Å². The molecular weight excluding hydrogens is 286 g/mol. The smallest absolute Gasteiger partial charge is 0.133 e. The van der Waals surface area contributed by atoms with Crippen LogP contribution in [-0.4, -0.2) is 48.0 Å². The van der Waals surface area contributed by atoms with Crippen molar-refractivity contribution in [3.05, 3.63) is 54.4 Å². The zero-order valence-corrected chi connectivity index (χ0v) is 13.4. The second-order valence-corrected chi connectivity index (χ2v) is 6.27. The van der Waals surface area contributed by atoms with E-state index < -0.39 is 0 Å². The van der Waals surface area contributed by atoms with Crippen LogP contribution < -0.4 is 0 Å². The Labute approximate surface area is 136 Å². The minimum absolute atomic E-state index is 0.897. The summed E-state index contributed by atoms with van der Waals surface area (Å²) in [4.78, 5) is 9.68. The third kappa shape index (κ3) is 3.14. The number of aromatic nitrogens is 1. The molecule has 3 heterocycles. The minimum atomic E-state index is 0.897. The van der Waals surface area contributed by atoms with Crippen LogP contribution in [0.4, 0.5) is 0 Å². The average molecular weight is 307 g/mol. The Bertz CT molecular complexity index is 789. The Balaban J connectivity index is 1.55. The van der Waals surface area contributed by atoms with Gasteiger partial charge in [0.25, 0.3) is 0 Å². The molecule has 0 unspecified atom stereocenters. The number of nitrogens with zero attached hydrogens (tertiary/aromatic N) is 3. The van der Waals surface area contributed by atoms with Gasteiger partial charge in [0, 0.05) is 43.7 Å². The molecule has 0 N–H and O–H groups in total. The maximum absolute atomic E-state index is 5.47. The quantitative estimate of drug-likeness (QED) is 0.743. The molecule has 1 aliphatic rings. The van der Waals surface area contributed by atoms with Crippen LogP contribution in [0.5, 0.6) is 0 Å². The van der Waals surface area contributed by atoms with Crippen LogP contribution in [0.3, 0.4) is 0 Å². The maximum Gasteiger partial charge on any atom is 0.133 e. The molecule has 0 saturated carbocycles. The number of pyridine rings is 1. The fourth-order valence-corrected chi connectivity index (χ4v) is 3.09. The summed E-state index contributed by atoms with van der Waals surface area (Å²) in [6, 6.07) is 14.5. The van der Waals surface area contributed by atoms with E-state index in [1.54, 1.807) is 6.26 Å². The van der Waals surface area contributed by atoms with Crippen LogP contribution in [0, 0.1) is 0 Å². The molecule has 0 bridgehead atoms. The van der Waals surface area contributed by atoms with Crippen molar-refractivity contribution in [2.45, 2.75) is 6.54 Å². The molecule has 1 saturated heterocycles. The fourth-order valence-electron chi connectivity index (χ4n) is 3.09. The van der Waals surface area contributed by atoms with Crippen LogP contribution in [-0.2, 0) is 6.54 Å². The van der Waals surface area contributed by atoms with Gasteiger partial charge in [-0.15, -0.1) is 0 Å². The van der Waals surface area contributed by atoms with Gasteiger partial charge in [-0.3, -0.25) is 9.88 Å². The summed E-state index contributed by atoms with van der Waals surface area (Å²) in [5.74, 6) is 0.897. The average Bonchev–Trinajstić information content (AvgIpc) is 3.11. The van der Waals surface area contributed by atoms with Crippen molar-refractivity contribution in [3.8, 4) is 11.3 Å². The standard InChI is InChI=1S/C19H21N3O/c1-21-8-10-22(11-9-21)14-17-6-4-15-13-16(5-7-18(15)20-17)19-3-2-12-23-19/h2-7,12-13H,8-11,14H2,1H3. The monoisotopic (exact) mass is 307 g/mol. The Kier molecular flexibility index (Phi) is 3.85. The van der Waals surface area contributed by atoms with Crippen LogP contribution in [0.25, 0.3) is 22.2 Å². The second-order valence-electron chi connectivity index (χ2n) is 6.27. The highest BCUT2D eigenvalue weighted by Crippen LogP contribution is 2.24. The topological polar surface area (TPSA) is 32.5 Å². The minimum Gasteiger partial charge on any atom is -0.464 e. The number of hydrogen-bond donors (Lipinski definition) is 0. The highest BCUT2D eigenvalue weighted by atomic mass is 16.3. The number of furan rings is 1. The van der Waals surface area contributed by atoms with E-state index in [9.17, 15) is 0 Å². The summed E-state index contributed by atoms with van der Waals surface area (Å²) in [6.07, 6.45) is 1.71. The summed E-state index contributed by atoms with van der Waals surface area (Å²) in [5.41, 5.74) is 3.29. The first-order valence-corrected chi connectivity index (χ1v) is 8.12. The molecule has 0 amide bonds. The van der Waals surface area contributed by atoms with Gasteiger partial charge in [-0.2, -0.15) is 0 Å². The molecule has 3 aromatic rings. The molecule has 0 spiro atoms. The van der Waals surface area contributed by atoms with Gasteiger partial charge >= 0.3 is 0 Å². The first-order valence-electron chi connectivity index (χ1n) is 8.12. The molecule has 0 radical (unpaired) electrons. The molecule has 1 fully saturated rings. The van der Waals surface area contributed by atoms with E-state index in [0.717, 1.165) is 60.6 Å². The van der Waals surface area contributed by atoms with Crippen molar-refractivity contribution in [1.82, 2.24) is 14.8 Å². The van der Waals surface area contributed by atoms with Crippen molar-refractivity contribution in [3.63, 3.8) is 0 Å². The fraction of sp³-hybridized carbons (Fsp3) is 0.316. The Morgan fingerprint density at radius 2 is 1.91 bits per heavy atom. The first-order chi connectivity index (χ1) is 11.3. The number of benzene rings is 1. The van der Waals surface area contributed by atoms with Crippen LogP contribution in [0.2, 0.25) is 0 Å². The lowest BCUT2D eigenvalue weighted by atomic mass is 10.1. The Morgan fingerprint density at radius 1 is 1.04 bits per heavy atom. The molecule has 1 aromatic carbocycles. The summed E-state index contributed by atoms with van der Waals surface area (Å²) in [7, 11) is 2.18. The van der Waals surface area contributed by atoms with Crippen molar-refractivity contribution >= 4 is 10.9 Å². The first kappa shape index (κ1) is 14.4. The normalized spacial score (nSPS) is 16.9. The predicted octanol–water partition coefficient (Wildman–Crippen LogP) is 3.24. The van der Waals surface area contributed by atoms with Gasteiger partial charge in [-0.1, -0.05) is 6.07 Å². The molecule has 1 aliphatic heterocycles. The molecule has 0 atom stereocenters. The van der Waals surface area contributed by atoms with E-state index in [-0.39, 0.29) is 0 Å². The maximum atomic E-state index is 5.47. The zero-order valence-electron chi connectivity index (χ0n) is 13.4. The van der Waals surface area contributed by atoms with E-state index in [2.05, 4.69) is 47.2 Å². The number of fused-ring (bicyclic) bond motifs is 1. The lowest BCUT2D eigenvalue weighted by Crippen LogP contribution is -2.43. The lowest BCUT2D eigenvalue weighted by molar-refractivity contribution is 0.147. The van der Waals surface area contributed by atoms with Crippen molar-refractivity contribution in [2.24, 2.45) is 0 Å². The van der Waals surface area contributed by atoms with Gasteiger partial charge in [0.05, 0.1) is 17.5 Å². The van der Waals surface area contributed by atoms with Crippen LogP contribution in [0.1, 0.15) is 5.69 Å². The molecule has 118 valence electrons. The van der Waals surface area contributed by atoms with E-state index >= 15 is 0 Å². The SMILES string of the molecule is CN1CCN(Cc2ccc3cc(-c4ccco4)ccc3n2)CC1. The summed E-state index contributed by atoms with van der Waals surface area (Å²) < 4.78 is 5.47. The van der Waals surface area contributed by atoms with E-state index in [4.69, 9.17) is 9.40 Å². The van der Waals surface area contributed by atoms with Crippen LogP contribution >= 0.6 is 0 Å². The Morgan fingerprint density at radius 3 is 2.70 bits per heavy atom. The molecule has 4 nitrogen and oxygen atoms in total. The van der Waals surface area contributed by atoms with E-state index in [1.165, 1.54) is 0 Å². The van der Waals surface area contributed by atoms with E-state index in [1.807, 2.05) is 12.1 Å². The van der Waals surface area contributed by atoms with Crippen LogP contribution in [0.15, 0.2) is 53.1 Å². The highest BCUT2D eigenvalue weighted by molar-refractivity contribution is 5.83. The third-order valence-electron chi connectivity index (χ3n) is 4.53. The van der Waals surface area contributed by atoms with Crippen molar-refractivity contribution < 1.29 is 4.42 Å². The zero-order chi connectivity index (χ0) is 15.6. The number of rotatable bonds is 3. The Hall–Kier alpha value is -2.17. The molecule has 0 aliphatic carbocycles. The number of piperazine rings is 1. The summed E-state index contributed by atoms with van der Waals surface area (Å²) in [6.45, 7) is 5.45. The van der Waals surface area contributed by atoms with Crippen molar-refractivity contribution in [2.75, 3.05) is 33.2 Å². The second kappa shape index (κ2) is 6.14. The van der Waals surface area contributed by atoms with Gasteiger partial charge in [0.15, 0.2) is 0 Å². The van der Waals surface area contributed by atoms with Gasteiger partial charge in [0.2, 0.25) is 0 Å². The highest BCUT2D eigenvalue weighted by Gasteiger charge is 2.14. The molecule has 2 aromatic heterocycles. The van der Waals surface area contributed by atoms with Gasteiger partial charge in [-0.25, -0.2) is 0 Å². The molecular formula is C19H21N3O. The largest absolute Gasteiger partial charge is 0.464 e. The van der Waals surface area contributed by atoms with Gasteiger partial charge < -0.3 is 9.32 Å². The van der Waals surface area contributed by atoms with E-state index in [0.29, 0.717) is 0 Å². The predicted molar refractivity (Wildman–Crippen MR) is 92.2 cm³/mol. The molecule has 4 rings (SSSR count). The molecule has 23 heavy (non-hydrogen) atoms. The molecule has 4 heteroatoms. The summed E-state index contributed by atoms with van der Waals surface area (Å²) >= 11 is 0. The summed E-state index contributed by atoms with van der Waals surface area (Å²) in [5, 5.41) is 1.15. The number of likely N-dealkylation sites (N-methyl/N-ethyl adjacent to an activating group) is 1. The lowest BCUT2D eigenvalue weighted by Gasteiger charge is -2.32. The van der Waals surface area contributed by atoms with Gasteiger partial charge in [-0.05, 0) is 43.4 Å². The number of hydrogen-bond acceptors (Lipinski definition) is 4.